The van der Waals surface area contributed by atoms with Gasteiger partial charge in [0.05, 0.1) is 12.5 Å². The standard InChI is InChI=1S/C17H27N5O2/c1-13-19-6-8-22(13)12-17(4-5-17)11-20-16(24)14-3-2-7-21(9-14)10-15(18)23/h6,8,14H,2-5,7,9-12H2,1H3,(H2,18,23)(H,20,24)/t14-/m0/s1. The van der Waals surface area contributed by atoms with E-state index in [1.165, 1.54) is 0 Å². The molecule has 132 valence electrons. The average Bonchev–Trinajstić information content (AvgIpc) is 3.20. The summed E-state index contributed by atoms with van der Waals surface area (Å²) < 4.78 is 2.16. The van der Waals surface area contributed by atoms with Crippen molar-refractivity contribution in [3.8, 4) is 0 Å². The molecule has 2 amide bonds. The van der Waals surface area contributed by atoms with Crippen LogP contribution in [0.2, 0.25) is 0 Å². The van der Waals surface area contributed by atoms with Crippen LogP contribution in [0, 0.1) is 18.3 Å². The maximum atomic E-state index is 12.5. The van der Waals surface area contributed by atoms with E-state index in [1.807, 2.05) is 24.2 Å². The van der Waals surface area contributed by atoms with Gasteiger partial charge in [-0.15, -0.1) is 0 Å². The number of nitrogens with zero attached hydrogens (tertiary/aromatic N) is 3. The van der Waals surface area contributed by atoms with Crippen LogP contribution in [0.15, 0.2) is 12.4 Å². The number of hydrogen-bond donors (Lipinski definition) is 2. The molecule has 7 heteroatoms. The van der Waals surface area contributed by atoms with Crippen LogP contribution in [0.25, 0.3) is 0 Å². The number of nitrogens with one attached hydrogen (secondary N) is 1. The predicted molar refractivity (Wildman–Crippen MR) is 90.0 cm³/mol. The Kier molecular flexibility index (Phi) is 4.89. The fourth-order valence-corrected chi connectivity index (χ4v) is 3.55. The molecule has 2 fully saturated rings. The molecule has 2 aliphatic rings. The van der Waals surface area contributed by atoms with Gasteiger partial charge in [-0.05, 0) is 39.2 Å². The Morgan fingerprint density at radius 2 is 2.25 bits per heavy atom. The maximum Gasteiger partial charge on any atom is 0.231 e. The molecule has 3 rings (SSSR count). The molecule has 1 saturated carbocycles. The molecule has 0 aromatic carbocycles. The molecule has 1 aromatic heterocycles. The Morgan fingerprint density at radius 1 is 1.46 bits per heavy atom. The first-order chi connectivity index (χ1) is 11.5. The lowest BCUT2D eigenvalue weighted by atomic mass is 9.96. The summed E-state index contributed by atoms with van der Waals surface area (Å²) in [5.41, 5.74) is 5.44. The lowest BCUT2D eigenvalue weighted by molar-refractivity contribution is -0.128. The van der Waals surface area contributed by atoms with Crippen LogP contribution in [-0.4, -0.2) is 52.4 Å². The van der Waals surface area contributed by atoms with Crippen molar-refractivity contribution < 1.29 is 9.59 Å². The van der Waals surface area contributed by atoms with Crippen molar-refractivity contribution in [1.82, 2.24) is 19.8 Å². The highest BCUT2D eigenvalue weighted by Crippen LogP contribution is 2.46. The Labute approximate surface area is 142 Å². The first-order valence-corrected chi connectivity index (χ1v) is 8.74. The molecule has 1 saturated heterocycles. The van der Waals surface area contributed by atoms with Crippen molar-refractivity contribution in [1.29, 1.82) is 0 Å². The summed E-state index contributed by atoms with van der Waals surface area (Å²) in [5, 5.41) is 3.15. The van der Waals surface area contributed by atoms with Crippen LogP contribution in [0.1, 0.15) is 31.5 Å². The van der Waals surface area contributed by atoms with Crippen LogP contribution < -0.4 is 11.1 Å². The van der Waals surface area contributed by atoms with Gasteiger partial charge in [0.15, 0.2) is 0 Å². The molecular weight excluding hydrogens is 306 g/mol. The molecule has 1 aliphatic heterocycles. The molecule has 1 atom stereocenters. The third kappa shape index (κ3) is 4.14. The van der Waals surface area contributed by atoms with Gasteiger partial charge in [0.1, 0.15) is 5.82 Å². The van der Waals surface area contributed by atoms with Crippen molar-refractivity contribution >= 4 is 11.8 Å². The first-order valence-electron chi connectivity index (χ1n) is 8.74. The number of piperidine rings is 1. The zero-order valence-corrected chi connectivity index (χ0v) is 14.3. The number of aromatic nitrogens is 2. The Bertz CT molecular complexity index is 608. The molecule has 1 aromatic rings. The Hall–Kier alpha value is -1.89. The van der Waals surface area contributed by atoms with Gasteiger partial charge in [-0.1, -0.05) is 0 Å². The van der Waals surface area contributed by atoms with E-state index >= 15 is 0 Å². The van der Waals surface area contributed by atoms with Crippen LogP contribution in [0.3, 0.4) is 0 Å². The monoisotopic (exact) mass is 333 g/mol. The number of primary amides is 1. The average molecular weight is 333 g/mol. The van der Waals surface area contributed by atoms with Gasteiger partial charge in [-0.3, -0.25) is 14.5 Å². The summed E-state index contributed by atoms with van der Waals surface area (Å²) in [6.45, 7) is 5.35. The largest absolute Gasteiger partial charge is 0.369 e. The fourth-order valence-electron chi connectivity index (χ4n) is 3.55. The predicted octanol–water partition coefficient (Wildman–Crippen LogP) is 0.285. The summed E-state index contributed by atoms with van der Waals surface area (Å²) in [5.74, 6) is 0.757. The second kappa shape index (κ2) is 6.93. The van der Waals surface area contributed by atoms with Gasteiger partial charge in [0.2, 0.25) is 11.8 Å². The number of hydrogen-bond acceptors (Lipinski definition) is 4. The molecule has 3 N–H and O–H groups in total. The van der Waals surface area contributed by atoms with Crippen molar-refractivity contribution in [2.45, 2.75) is 39.2 Å². The number of carbonyl (C=O) groups excluding carboxylic acids is 2. The highest BCUT2D eigenvalue weighted by molar-refractivity contribution is 5.79. The first kappa shape index (κ1) is 17.0. The summed E-state index contributed by atoms with van der Waals surface area (Å²) >= 11 is 0. The van der Waals surface area contributed by atoms with Gasteiger partial charge in [0, 0.05) is 37.4 Å². The van der Waals surface area contributed by atoms with Crippen LogP contribution in [-0.2, 0) is 16.1 Å². The lowest BCUT2D eigenvalue weighted by Gasteiger charge is -2.31. The summed E-state index contributed by atoms with van der Waals surface area (Å²) in [6, 6.07) is 0. The van der Waals surface area contributed by atoms with E-state index in [4.69, 9.17) is 5.73 Å². The summed E-state index contributed by atoms with van der Waals surface area (Å²) in [7, 11) is 0. The van der Waals surface area contributed by atoms with Crippen molar-refractivity contribution in [2.75, 3.05) is 26.2 Å². The van der Waals surface area contributed by atoms with Gasteiger partial charge >= 0.3 is 0 Å². The van der Waals surface area contributed by atoms with Crippen LogP contribution >= 0.6 is 0 Å². The molecule has 0 radical (unpaired) electrons. The number of carbonyl (C=O) groups is 2. The Morgan fingerprint density at radius 3 is 2.88 bits per heavy atom. The molecule has 7 nitrogen and oxygen atoms in total. The minimum absolute atomic E-state index is 0.0381. The number of likely N-dealkylation sites (tertiary alicyclic amines) is 1. The third-order valence-electron chi connectivity index (χ3n) is 5.28. The number of nitrogens with two attached hydrogens (primary N) is 1. The van der Waals surface area contributed by atoms with E-state index < -0.39 is 0 Å². The van der Waals surface area contributed by atoms with E-state index in [9.17, 15) is 9.59 Å². The van der Waals surface area contributed by atoms with E-state index in [2.05, 4.69) is 14.9 Å². The fraction of sp³-hybridized carbons (Fsp3) is 0.706. The number of rotatable bonds is 7. The SMILES string of the molecule is Cc1nccn1CC1(CNC(=O)[C@H]2CCCN(CC(N)=O)C2)CC1. The normalized spacial score (nSPS) is 23.0. The minimum Gasteiger partial charge on any atom is -0.369 e. The van der Waals surface area contributed by atoms with E-state index in [0.717, 1.165) is 51.1 Å². The van der Waals surface area contributed by atoms with E-state index in [1.54, 1.807) is 0 Å². The van der Waals surface area contributed by atoms with E-state index in [-0.39, 0.29) is 29.7 Å². The molecule has 0 unspecified atom stereocenters. The molecular formula is C17H27N5O2. The number of aryl methyl sites for hydroxylation is 1. The molecule has 1 aliphatic carbocycles. The molecule has 24 heavy (non-hydrogen) atoms. The molecule has 0 bridgehead atoms. The van der Waals surface area contributed by atoms with E-state index in [0.29, 0.717) is 6.54 Å². The van der Waals surface area contributed by atoms with Crippen molar-refractivity contribution in [3.05, 3.63) is 18.2 Å². The smallest absolute Gasteiger partial charge is 0.231 e. The number of imidazole rings is 1. The topological polar surface area (TPSA) is 93.2 Å². The van der Waals surface area contributed by atoms with Crippen molar-refractivity contribution in [3.63, 3.8) is 0 Å². The van der Waals surface area contributed by atoms with Gasteiger partial charge in [-0.2, -0.15) is 0 Å². The second-order valence-corrected chi connectivity index (χ2v) is 7.36. The highest BCUT2D eigenvalue weighted by Gasteiger charge is 2.43. The van der Waals surface area contributed by atoms with Crippen LogP contribution in [0.5, 0.6) is 0 Å². The van der Waals surface area contributed by atoms with Crippen LogP contribution in [0.4, 0.5) is 0 Å². The van der Waals surface area contributed by atoms with Gasteiger partial charge in [0.25, 0.3) is 0 Å². The maximum absolute atomic E-state index is 12.5. The zero-order valence-electron chi connectivity index (χ0n) is 14.3. The molecule has 2 heterocycles. The zero-order chi connectivity index (χ0) is 17.2. The van der Waals surface area contributed by atoms with Gasteiger partial charge in [-0.25, -0.2) is 4.98 Å². The highest BCUT2D eigenvalue weighted by atomic mass is 16.2. The van der Waals surface area contributed by atoms with Crippen molar-refractivity contribution in [2.24, 2.45) is 17.1 Å². The quantitative estimate of drug-likeness (QED) is 0.750. The third-order valence-corrected chi connectivity index (χ3v) is 5.28. The van der Waals surface area contributed by atoms with Gasteiger partial charge < -0.3 is 15.6 Å². The summed E-state index contributed by atoms with van der Waals surface area (Å²) in [6.07, 6.45) is 7.92. The second-order valence-electron chi connectivity index (χ2n) is 7.36. The molecule has 0 spiro atoms. The lowest BCUT2D eigenvalue weighted by Crippen LogP contribution is -2.46. The Balaban J connectivity index is 1.48. The summed E-state index contributed by atoms with van der Waals surface area (Å²) in [4.78, 5) is 29.8. The number of amides is 2. The minimum atomic E-state index is -0.330.